The number of epoxide rings is 1. The van der Waals surface area contributed by atoms with Crippen molar-refractivity contribution in [1.29, 1.82) is 0 Å². The van der Waals surface area contributed by atoms with E-state index in [2.05, 4.69) is 101 Å². The molecule has 3 unspecified atom stereocenters. The molecule has 0 spiro atoms. The fraction of sp³-hybridized carbons (Fsp3) is 0.833. The van der Waals surface area contributed by atoms with E-state index < -0.39 is 66.5 Å². The lowest BCUT2D eigenvalue weighted by atomic mass is 9.88. The minimum absolute atomic E-state index is 0.0572. The Morgan fingerprint density at radius 2 is 1.54 bits per heavy atom. The minimum atomic E-state index is -2.20. The third-order valence-corrected chi connectivity index (χ3v) is 31.4. The first-order chi connectivity index (χ1) is 32.6. The number of esters is 2. The van der Waals surface area contributed by atoms with E-state index in [1.54, 1.807) is 0 Å². The molecular formula is C54H98N2O10Si3. The van der Waals surface area contributed by atoms with Crippen molar-refractivity contribution in [2.24, 2.45) is 11.8 Å². The maximum atomic E-state index is 14.3. The third-order valence-electron chi connectivity index (χ3n) is 17.2. The van der Waals surface area contributed by atoms with Crippen molar-refractivity contribution >= 4 is 43.0 Å². The third kappa shape index (κ3) is 15.5. The van der Waals surface area contributed by atoms with Gasteiger partial charge in [-0.3, -0.25) is 9.59 Å². The van der Waals surface area contributed by atoms with E-state index in [0.29, 0.717) is 19.4 Å². The molecule has 3 fully saturated rings. The molecule has 4 rings (SSSR count). The molecule has 12 nitrogen and oxygen atoms in total. The van der Waals surface area contributed by atoms with Gasteiger partial charge in [-0.15, -0.1) is 0 Å². The summed E-state index contributed by atoms with van der Waals surface area (Å²) in [6.45, 7) is 35.5. The summed E-state index contributed by atoms with van der Waals surface area (Å²) >= 11 is 0. The van der Waals surface area contributed by atoms with Crippen LogP contribution in [0.1, 0.15) is 149 Å². The van der Waals surface area contributed by atoms with Crippen LogP contribution in [0.25, 0.3) is 0 Å². The molecule has 2 bridgehead atoms. The summed E-state index contributed by atoms with van der Waals surface area (Å²) in [6.07, 6.45) is 11.4. The van der Waals surface area contributed by atoms with Gasteiger partial charge in [0.15, 0.2) is 36.7 Å². The molecule has 1 amide bonds. The summed E-state index contributed by atoms with van der Waals surface area (Å²) in [5.74, 6) is -0.863. The smallest absolute Gasteiger partial charge is 0.410 e. The lowest BCUT2D eigenvalue weighted by Gasteiger charge is -2.40. The molecule has 3 saturated heterocycles. The zero-order chi connectivity index (χ0) is 51.4. The zero-order valence-electron chi connectivity index (χ0n) is 46.2. The molecule has 0 aliphatic carbocycles. The van der Waals surface area contributed by atoms with E-state index in [4.69, 9.17) is 32.2 Å². The number of nitrogens with one attached hydrogen (secondary N) is 1. The molecule has 0 saturated carbocycles. The van der Waals surface area contributed by atoms with Gasteiger partial charge in [0.1, 0.15) is 6.10 Å². The topological polar surface area (TPSA) is 134 Å². The fourth-order valence-electron chi connectivity index (χ4n) is 11.6. The molecule has 0 aromatic rings. The van der Waals surface area contributed by atoms with Crippen LogP contribution < -0.4 is 5.32 Å². The number of hydrogen-bond donors (Lipinski definition) is 1. The van der Waals surface area contributed by atoms with Gasteiger partial charge in [0.2, 0.25) is 0 Å². The number of cyclic esters (lactones) is 1. The van der Waals surface area contributed by atoms with Crippen LogP contribution in [0.5, 0.6) is 0 Å². The van der Waals surface area contributed by atoms with Crippen molar-refractivity contribution in [3.63, 3.8) is 0 Å². The Hall–Kier alpha value is -2.12. The maximum Gasteiger partial charge on any atom is 0.410 e. The van der Waals surface area contributed by atoms with Crippen LogP contribution in [0.3, 0.4) is 0 Å². The van der Waals surface area contributed by atoms with Gasteiger partial charge in [0.05, 0.1) is 30.3 Å². The van der Waals surface area contributed by atoms with Crippen LogP contribution in [0.15, 0.2) is 36.0 Å². The Kier molecular flexibility index (Phi) is 22.6. The lowest BCUT2D eigenvalue weighted by molar-refractivity contribution is -0.158. The number of nitrogens with zero attached hydrogens (tertiary/aromatic N) is 1. The molecule has 0 aromatic heterocycles. The number of allylic oxidation sites excluding steroid dienone is 2. The highest BCUT2D eigenvalue weighted by Crippen LogP contribution is 2.43. The number of carbonyl (C=O) groups is 3. The number of rotatable bonds is 25. The van der Waals surface area contributed by atoms with E-state index in [-0.39, 0.29) is 54.6 Å². The second-order valence-electron chi connectivity index (χ2n) is 21.7. The van der Waals surface area contributed by atoms with Crippen LogP contribution in [0.4, 0.5) is 4.79 Å². The fourth-order valence-corrected chi connectivity index (χ4v) is 20.6. The summed E-state index contributed by atoms with van der Waals surface area (Å²) in [5, 5.41) is 3.46. The van der Waals surface area contributed by atoms with Crippen molar-refractivity contribution in [2.75, 3.05) is 13.1 Å². The van der Waals surface area contributed by atoms with Crippen LogP contribution in [-0.4, -0.2) is 121 Å². The van der Waals surface area contributed by atoms with E-state index in [1.165, 1.54) is 6.92 Å². The first kappa shape index (κ1) is 59.4. The van der Waals surface area contributed by atoms with Gasteiger partial charge >= 0.3 is 18.0 Å². The largest absolute Gasteiger partial charge is 0.457 e. The number of amides is 1. The van der Waals surface area contributed by atoms with Gasteiger partial charge in [-0.05, 0) is 113 Å². The Morgan fingerprint density at radius 3 is 2.06 bits per heavy atom. The standard InChI is InChI=1S/C54H98N2O10Si3/c1-17-46(65-68(21-5,22-6)23-7)41(13)51-47(61-51)36-53(15,66-69(24-8,25-9)26-10)32-27-28-39(11)50-40(12)29-30-48(60-42(14)57)54(16,63-52(59)56-38-43-34-44(56)37-55-43)33-31-45(35-49(58)62-50)64-67(18-2,19-3)20-4/h27-30,32,40-41,43-48,50-51,55H,17-26,31,33-38H2,1-16H3/b30-29+,32-27+,39-28+/t40-,41+,43?,44?,45+,46-,47+,48-,50+,51+,53?,54+/m0/s1. The highest BCUT2D eigenvalue weighted by atomic mass is 28.4. The molecule has 4 aliphatic heterocycles. The molecule has 0 aromatic carbocycles. The summed E-state index contributed by atoms with van der Waals surface area (Å²) in [7, 11) is -6.06. The number of carbonyl (C=O) groups excluding carboxylic acids is 3. The quantitative estimate of drug-likeness (QED) is 0.0234. The van der Waals surface area contributed by atoms with E-state index in [9.17, 15) is 14.4 Å². The Balaban J connectivity index is 1.69. The lowest BCUT2D eigenvalue weighted by Crippen LogP contribution is -2.52. The van der Waals surface area contributed by atoms with Crippen LogP contribution in [0.2, 0.25) is 54.4 Å². The van der Waals surface area contributed by atoms with Gasteiger partial charge in [-0.2, -0.15) is 0 Å². The van der Waals surface area contributed by atoms with Crippen molar-refractivity contribution in [2.45, 2.75) is 264 Å². The second-order valence-corrected chi connectivity index (χ2v) is 35.8. The minimum Gasteiger partial charge on any atom is -0.457 e. The SMILES string of the molecule is CC[C@H](O[Si](CC)(CC)CC)[C@@H](C)[C@H]1O[C@@H]1CC(C)(/C=C/C=C(\C)[C@H]1OC(=O)C[C@H](O[Si](CC)(CC)CC)CC[C@@](C)(OC(=O)N2CC3CC2CN3)[C@@H](OC(C)=O)/C=C/[C@@H]1C)O[Si](CC)(CC)CC. The van der Waals surface area contributed by atoms with Crippen molar-refractivity contribution < 1.29 is 46.6 Å². The average molecular weight is 1020 g/mol. The number of hydrogen-bond acceptors (Lipinski definition) is 11. The summed E-state index contributed by atoms with van der Waals surface area (Å²) in [6, 6.07) is 9.53. The molecular weight excluding hydrogens is 921 g/mol. The monoisotopic (exact) mass is 1020 g/mol. The predicted octanol–water partition coefficient (Wildman–Crippen LogP) is 12.4. The number of ether oxygens (including phenoxy) is 4. The summed E-state index contributed by atoms with van der Waals surface area (Å²) in [4.78, 5) is 42.9. The highest BCUT2D eigenvalue weighted by molar-refractivity contribution is 6.74. The van der Waals surface area contributed by atoms with Crippen molar-refractivity contribution in [3.05, 3.63) is 36.0 Å². The maximum absolute atomic E-state index is 14.3. The highest BCUT2D eigenvalue weighted by Gasteiger charge is 2.51. The number of likely N-dealkylation sites (tertiary alicyclic amines) is 1. The first-order valence-corrected chi connectivity index (χ1v) is 35.1. The Morgan fingerprint density at radius 1 is 0.928 bits per heavy atom. The molecule has 1 N–H and O–H groups in total. The zero-order valence-corrected chi connectivity index (χ0v) is 49.2. The van der Waals surface area contributed by atoms with Crippen molar-refractivity contribution in [3.8, 4) is 0 Å². The van der Waals surface area contributed by atoms with Crippen molar-refractivity contribution in [1.82, 2.24) is 10.2 Å². The number of fused-ring (bicyclic) bond motifs is 2. The first-order valence-electron chi connectivity index (χ1n) is 27.5. The van der Waals surface area contributed by atoms with Crippen LogP contribution in [-0.2, 0) is 41.8 Å². The van der Waals surface area contributed by atoms with E-state index in [0.717, 1.165) is 85.8 Å². The number of piperazine rings is 1. The van der Waals surface area contributed by atoms with Gasteiger partial charge in [-0.25, -0.2) is 4.79 Å². The van der Waals surface area contributed by atoms with Gasteiger partial charge in [0.25, 0.3) is 0 Å². The predicted molar refractivity (Wildman–Crippen MR) is 286 cm³/mol. The summed E-state index contributed by atoms with van der Waals surface area (Å²) in [5.41, 5.74) is -0.963. The van der Waals surface area contributed by atoms with E-state index >= 15 is 0 Å². The van der Waals surface area contributed by atoms with Crippen LogP contribution >= 0.6 is 0 Å². The molecule has 12 atom stereocenters. The van der Waals surface area contributed by atoms with Crippen LogP contribution in [0, 0.1) is 11.8 Å². The molecule has 396 valence electrons. The molecule has 4 heterocycles. The van der Waals surface area contributed by atoms with Gasteiger partial charge in [0, 0.05) is 56.5 Å². The normalized spacial score (nSPS) is 30.5. The van der Waals surface area contributed by atoms with E-state index in [1.807, 2.05) is 43.9 Å². The summed E-state index contributed by atoms with van der Waals surface area (Å²) < 4.78 is 47.1. The second kappa shape index (κ2) is 26.2. The Bertz CT molecular complexity index is 1730. The average Bonchev–Trinajstić information content (AvgIpc) is 3.73. The molecule has 4 aliphatic rings. The van der Waals surface area contributed by atoms with Gasteiger partial charge < -0.3 is 42.4 Å². The molecule has 15 heteroatoms. The molecule has 0 radical (unpaired) electrons. The molecule has 69 heavy (non-hydrogen) atoms. The Labute approximate surface area is 422 Å². The van der Waals surface area contributed by atoms with Gasteiger partial charge in [-0.1, -0.05) is 107 Å².